The topological polar surface area (TPSA) is 27.7 Å². The van der Waals surface area contributed by atoms with E-state index in [2.05, 4.69) is 52.8 Å². The lowest BCUT2D eigenvalue weighted by molar-refractivity contribution is 0.334. The van der Waals surface area contributed by atoms with Gasteiger partial charge in [0.05, 0.1) is 0 Å². The van der Waals surface area contributed by atoms with Crippen LogP contribution in [0.25, 0.3) is 0 Å². The molecule has 0 aliphatic rings. The zero-order valence-corrected chi connectivity index (χ0v) is 21.6. The third-order valence-electron chi connectivity index (χ3n) is 6.02. The van der Waals surface area contributed by atoms with Gasteiger partial charge in [0.2, 0.25) is 0 Å². The van der Waals surface area contributed by atoms with E-state index in [-0.39, 0.29) is 0 Å². The summed E-state index contributed by atoms with van der Waals surface area (Å²) >= 11 is 0. The fraction of sp³-hybridized carbons (Fsp3) is 0.379. The van der Waals surface area contributed by atoms with E-state index in [0.717, 1.165) is 52.9 Å². The third kappa shape index (κ3) is 6.98. The third-order valence-corrected chi connectivity index (χ3v) is 8.41. The van der Waals surface area contributed by atoms with Crippen molar-refractivity contribution in [3.63, 3.8) is 0 Å². The maximum absolute atomic E-state index is 6.83. The predicted molar refractivity (Wildman–Crippen MR) is 141 cm³/mol. The smallest absolute Gasteiger partial charge is 0.271 e. The van der Waals surface area contributed by atoms with Crippen molar-refractivity contribution < 1.29 is 13.6 Å². The summed E-state index contributed by atoms with van der Waals surface area (Å²) in [5.41, 5.74) is 3.22. The van der Waals surface area contributed by atoms with Gasteiger partial charge in [-0.1, -0.05) is 81.3 Å². The lowest BCUT2D eigenvalue weighted by Crippen LogP contribution is -2.24. The molecule has 0 saturated heterocycles. The number of unbranched alkanes of at least 4 members (excludes halogenated alkanes) is 1. The van der Waals surface area contributed by atoms with E-state index in [0.29, 0.717) is 5.92 Å². The van der Waals surface area contributed by atoms with Crippen LogP contribution in [0.5, 0.6) is 17.2 Å². The fourth-order valence-electron chi connectivity index (χ4n) is 3.83. The second-order valence-corrected chi connectivity index (χ2v) is 10.9. The molecule has 0 heterocycles. The molecule has 3 aromatic carbocycles. The maximum atomic E-state index is 6.83. The fourth-order valence-corrected chi connectivity index (χ4v) is 6.75. The first kappa shape index (κ1) is 25.1. The molecular weight excluding hydrogens is 427 g/mol. The monoisotopic (exact) mass is 465 g/mol. The average molecular weight is 466 g/mol. The zero-order valence-electron chi connectivity index (χ0n) is 20.7. The summed E-state index contributed by atoms with van der Waals surface area (Å²) in [6, 6.07) is 24.4. The van der Waals surface area contributed by atoms with Crippen LogP contribution in [-0.2, 0) is 0 Å². The van der Waals surface area contributed by atoms with Crippen molar-refractivity contribution in [3.05, 3.63) is 89.5 Å². The molecule has 176 valence electrons. The van der Waals surface area contributed by atoms with Crippen molar-refractivity contribution in [2.45, 2.75) is 60.3 Å². The molecule has 0 N–H and O–H groups in total. The van der Waals surface area contributed by atoms with E-state index in [9.17, 15) is 0 Å². The molecule has 0 aromatic heterocycles. The van der Waals surface area contributed by atoms with Crippen LogP contribution >= 0.6 is 7.94 Å². The first-order valence-corrected chi connectivity index (χ1v) is 13.8. The Balaban J connectivity index is 2.09. The van der Waals surface area contributed by atoms with Gasteiger partial charge in [0.25, 0.3) is 0 Å². The molecule has 1 unspecified atom stereocenters. The molecule has 33 heavy (non-hydrogen) atoms. The molecule has 0 fully saturated rings. The molecule has 0 saturated carbocycles. The van der Waals surface area contributed by atoms with Crippen molar-refractivity contribution in [2.75, 3.05) is 6.16 Å². The van der Waals surface area contributed by atoms with Gasteiger partial charge in [-0.3, -0.25) is 13.6 Å². The molecule has 0 aliphatic carbocycles. The molecule has 0 aliphatic heterocycles. The Labute approximate surface area is 200 Å². The highest BCUT2D eigenvalue weighted by atomic mass is 31.2. The highest BCUT2D eigenvalue weighted by Crippen LogP contribution is 2.63. The summed E-state index contributed by atoms with van der Waals surface area (Å²) in [5.74, 6) is 2.91. The summed E-state index contributed by atoms with van der Waals surface area (Å²) in [6.45, 7) is 10.7. The summed E-state index contributed by atoms with van der Waals surface area (Å²) < 4.78 is 20.5. The molecule has 1 atom stereocenters. The number of hydrogen-bond acceptors (Lipinski definition) is 3. The van der Waals surface area contributed by atoms with Gasteiger partial charge in [-0.05, 0) is 68.5 Å². The second-order valence-electron chi connectivity index (χ2n) is 8.78. The molecule has 4 heteroatoms. The van der Waals surface area contributed by atoms with Crippen molar-refractivity contribution in [3.8, 4) is 17.2 Å². The minimum Gasteiger partial charge on any atom is -0.271 e. The quantitative estimate of drug-likeness (QED) is 0.250. The van der Waals surface area contributed by atoms with Crippen LogP contribution in [0.3, 0.4) is 0 Å². The first-order chi connectivity index (χ1) is 16.0. The Hall–Kier alpha value is -2.51. The van der Waals surface area contributed by atoms with Crippen LogP contribution in [0, 0.1) is 26.7 Å². The van der Waals surface area contributed by atoms with Gasteiger partial charge < -0.3 is 0 Å². The van der Waals surface area contributed by atoms with E-state index < -0.39 is 7.94 Å². The Morgan fingerprint density at radius 2 is 1.03 bits per heavy atom. The Morgan fingerprint density at radius 3 is 1.36 bits per heavy atom. The lowest BCUT2D eigenvalue weighted by Gasteiger charge is -2.27. The summed E-state index contributed by atoms with van der Waals surface area (Å²) in [5, 5.41) is 0. The average Bonchev–Trinajstić information content (AvgIpc) is 2.81. The van der Waals surface area contributed by atoms with Gasteiger partial charge >= 0.3 is 7.94 Å². The number of para-hydroxylation sites is 3. The molecule has 3 aromatic rings. The van der Waals surface area contributed by atoms with E-state index in [1.54, 1.807) is 0 Å². The minimum atomic E-state index is -2.86. The van der Waals surface area contributed by atoms with Crippen LogP contribution in [-0.4, -0.2) is 6.16 Å². The summed E-state index contributed by atoms with van der Waals surface area (Å²) in [6.07, 6.45) is 5.31. The standard InChI is InChI=1S/C29H38O3P/c1-6-8-18-26(7-2)22-33(30-27-19-12-9-15-23(27)3,31-28-20-13-10-16-24(28)4)32-29-21-14-11-17-25(29)5/h9-17,19-21,26H,6-8,18,22H2,1-5H3/q+1. The zero-order chi connectivity index (χ0) is 23.7. The number of hydrogen-bond donors (Lipinski definition) is 0. The van der Waals surface area contributed by atoms with Crippen LogP contribution in [0.15, 0.2) is 72.8 Å². The lowest BCUT2D eigenvalue weighted by atomic mass is 10.0. The molecule has 3 rings (SSSR count). The molecule has 0 spiro atoms. The molecule has 0 radical (unpaired) electrons. The molecule has 0 bridgehead atoms. The Morgan fingerprint density at radius 1 is 0.636 bits per heavy atom. The summed E-state index contributed by atoms with van der Waals surface area (Å²) in [7, 11) is -2.86. The van der Waals surface area contributed by atoms with Gasteiger partial charge in [-0.15, -0.1) is 0 Å². The van der Waals surface area contributed by atoms with Crippen LogP contribution in [0.2, 0.25) is 0 Å². The number of benzene rings is 3. The van der Waals surface area contributed by atoms with Gasteiger partial charge in [0.1, 0.15) is 0 Å². The van der Waals surface area contributed by atoms with E-state index in [4.69, 9.17) is 13.6 Å². The molecule has 0 amide bonds. The normalized spacial score (nSPS) is 12.3. The second kappa shape index (κ2) is 12.1. The number of rotatable bonds is 12. The largest absolute Gasteiger partial charge is 0.541 e. The molecular formula is C29H38O3P+. The van der Waals surface area contributed by atoms with Crippen molar-refractivity contribution >= 4 is 7.94 Å². The SMILES string of the molecule is CCCCC(CC)C[P+](Oc1ccccc1C)(Oc1ccccc1C)Oc1ccccc1C. The van der Waals surface area contributed by atoms with E-state index in [1.807, 2.05) is 54.6 Å². The highest BCUT2D eigenvalue weighted by Gasteiger charge is 2.52. The van der Waals surface area contributed by atoms with E-state index in [1.165, 1.54) is 12.8 Å². The van der Waals surface area contributed by atoms with Gasteiger partial charge in [-0.25, -0.2) is 0 Å². The van der Waals surface area contributed by atoms with Gasteiger partial charge in [-0.2, -0.15) is 0 Å². The van der Waals surface area contributed by atoms with Gasteiger partial charge in [0.15, 0.2) is 23.4 Å². The van der Waals surface area contributed by atoms with Crippen LogP contribution in [0.4, 0.5) is 0 Å². The maximum Gasteiger partial charge on any atom is 0.541 e. The number of aryl methyl sites for hydroxylation is 3. The Kier molecular flexibility index (Phi) is 9.21. The highest BCUT2D eigenvalue weighted by molar-refractivity contribution is 7.62. The van der Waals surface area contributed by atoms with E-state index >= 15 is 0 Å². The minimum absolute atomic E-state index is 0.454. The van der Waals surface area contributed by atoms with Crippen molar-refractivity contribution in [2.24, 2.45) is 5.92 Å². The van der Waals surface area contributed by atoms with Crippen LogP contribution < -0.4 is 13.6 Å². The predicted octanol–water partition coefficient (Wildman–Crippen LogP) is 9.13. The Bertz CT molecular complexity index is 901. The van der Waals surface area contributed by atoms with Gasteiger partial charge in [0, 0.05) is 5.92 Å². The molecule has 3 nitrogen and oxygen atoms in total. The van der Waals surface area contributed by atoms with Crippen molar-refractivity contribution in [1.29, 1.82) is 0 Å². The first-order valence-electron chi connectivity index (χ1n) is 12.1. The van der Waals surface area contributed by atoms with Crippen LogP contribution in [0.1, 0.15) is 56.2 Å². The van der Waals surface area contributed by atoms with Crippen molar-refractivity contribution in [1.82, 2.24) is 0 Å². The summed E-state index contributed by atoms with van der Waals surface area (Å²) in [4.78, 5) is 0.